The zero-order valence-corrected chi connectivity index (χ0v) is 28.0. The summed E-state index contributed by atoms with van der Waals surface area (Å²) in [5.74, 6) is 0. The molecule has 50 heavy (non-hydrogen) atoms. The van der Waals surface area contributed by atoms with Gasteiger partial charge in [0, 0.05) is 10.8 Å². The second-order valence-corrected chi connectivity index (χ2v) is 16.0. The molecular weight excluding hydrogens is 625 g/mol. The molecule has 0 unspecified atom stereocenters. The van der Waals surface area contributed by atoms with E-state index in [1.807, 2.05) is 78.9 Å². The van der Waals surface area contributed by atoms with Crippen LogP contribution in [-0.2, 0) is 0 Å². The van der Waals surface area contributed by atoms with Crippen LogP contribution in [0.2, 0.25) is 0 Å². The largest absolute Gasteiger partial charge is 0.308 e. The summed E-state index contributed by atoms with van der Waals surface area (Å²) in [5.41, 5.74) is 6.24. The second kappa shape index (κ2) is 12.6. The first-order chi connectivity index (χ1) is 24.7. The molecule has 0 atom stereocenters. The molecule has 1 aromatic heterocycles. The number of hydrogen-bond acceptors (Lipinski definition) is 3. The predicted octanol–water partition coefficient (Wildman–Crippen LogP) is 7.44. The molecule has 0 radical (unpaired) electrons. The summed E-state index contributed by atoms with van der Waals surface area (Å²) in [4.78, 5) is 0. The van der Waals surface area contributed by atoms with Crippen molar-refractivity contribution in [3.63, 3.8) is 0 Å². The highest BCUT2D eigenvalue weighted by molar-refractivity contribution is 7.20. The van der Waals surface area contributed by atoms with Gasteiger partial charge in [0.25, 0.3) is 0 Å². The van der Waals surface area contributed by atoms with E-state index in [0.717, 1.165) is 43.8 Å². The Morgan fingerprint density at radius 3 is 1.56 bits per heavy atom. The van der Waals surface area contributed by atoms with E-state index >= 15 is 0 Å². The maximum Gasteiger partial charge on any atom is 0.180 e. The van der Waals surface area contributed by atoms with Crippen LogP contribution < -0.4 is 20.7 Å². The van der Waals surface area contributed by atoms with E-state index in [0.29, 0.717) is 16.7 Å². The SMILES string of the molecule is N#Cc1ccc2c(c1)c1ccccc1n2-c1ccc(-c2ccc(C#N)c([Si](c3ccccc3)(c3ccccc3)c3ccccc3)c2)cc1C#N. The van der Waals surface area contributed by atoms with Crippen LogP contribution in [0, 0.1) is 34.0 Å². The van der Waals surface area contributed by atoms with Crippen molar-refractivity contribution in [1.82, 2.24) is 4.57 Å². The molecule has 4 nitrogen and oxygen atoms in total. The van der Waals surface area contributed by atoms with Crippen LogP contribution in [0.15, 0.2) is 170 Å². The maximum absolute atomic E-state index is 10.6. The highest BCUT2D eigenvalue weighted by atomic mass is 28.3. The first-order valence-corrected chi connectivity index (χ1v) is 18.4. The molecule has 0 saturated heterocycles. The van der Waals surface area contributed by atoms with Gasteiger partial charge in [0.2, 0.25) is 0 Å². The Kier molecular flexibility index (Phi) is 7.63. The topological polar surface area (TPSA) is 76.3 Å². The minimum Gasteiger partial charge on any atom is -0.308 e. The molecule has 0 saturated carbocycles. The first kappa shape index (κ1) is 30.4. The van der Waals surface area contributed by atoms with E-state index in [1.165, 1.54) is 15.6 Å². The number of aromatic nitrogens is 1. The fourth-order valence-corrected chi connectivity index (χ4v) is 12.4. The lowest BCUT2D eigenvalue weighted by Crippen LogP contribution is -2.75. The van der Waals surface area contributed by atoms with Crippen LogP contribution in [0.5, 0.6) is 0 Å². The number of rotatable bonds is 6. The Labute approximate surface area is 291 Å². The Morgan fingerprint density at radius 2 is 0.960 bits per heavy atom. The van der Waals surface area contributed by atoms with Gasteiger partial charge in [-0.2, -0.15) is 15.8 Å². The number of hydrogen-bond donors (Lipinski definition) is 0. The van der Waals surface area contributed by atoms with Crippen molar-refractivity contribution in [3.05, 3.63) is 187 Å². The van der Waals surface area contributed by atoms with E-state index in [9.17, 15) is 15.8 Å². The Bertz CT molecular complexity index is 2580. The van der Waals surface area contributed by atoms with Crippen LogP contribution in [0.1, 0.15) is 16.7 Å². The summed E-state index contributed by atoms with van der Waals surface area (Å²) in [6.07, 6.45) is 0. The highest BCUT2D eigenvalue weighted by Gasteiger charge is 2.43. The van der Waals surface area contributed by atoms with Crippen molar-refractivity contribution in [1.29, 1.82) is 15.8 Å². The Morgan fingerprint density at radius 1 is 0.420 bits per heavy atom. The summed E-state index contributed by atoms with van der Waals surface area (Å²) >= 11 is 0. The van der Waals surface area contributed by atoms with E-state index in [1.54, 1.807) is 0 Å². The van der Waals surface area contributed by atoms with Gasteiger partial charge in [-0.05, 0) is 74.3 Å². The smallest absolute Gasteiger partial charge is 0.180 e. The van der Waals surface area contributed by atoms with Crippen molar-refractivity contribution in [2.45, 2.75) is 0 Å². The van der Waals surface area contributed by atoms with Gasteiger partial charge < -0.3 is 4.57 Å². The predicted molar refractivity (Wildman–Crippen MR) is 204 cm³/mol. The normalized spacial score (nSPS) is 11.1. The molecule has 8 aromatic rings. The van der Waals surface area contributed by atoms with Crippen molar-refractivity contribution >= 4 is 50.6 Å². The molecule has 232 valence electrons. The molecule has 1 heterocycles. The Balaban J connectivity index is 1.37. The molecule has 5 heteroatoms. The molecule has 0 N–H and O–H groups in total. The maximum atomic E-state index is 10.6. The zero-order chi connectivity index (χ0) is 34.1. The van der Waals surface area contributed by atoms with Gasteiger partial charge in [-0.1, -0.05) is 127 Å². The average Bonchev–Trinajstić information content (AvgIpc) is 3.52. The minimum atomic E-state index is -2.99. The number of nitriles is 3. The second-order valence-electron chi connectivity index (χ2n) is 12.3. The molecular formula is C45H28N4Si. The minimum absolute atomic E-state index is 0.526. The van der Waals surface area contributed by atoms with Crippen molar-refractivity contribution in [3.8, 4) is 35.0 Å². The number of nitrogens with zero attached hydrogens (tertiary/aromatic N) is 4. The average molecular weight is 653 g/mol. The number of para-hydroxylation sites is 1. The lowest BCUT2D eigenvalue weighted by atomic mass is 10.0. The fraction of sp³-hybridized carbons (Fsp3) is 0. The van der Waals surface area contributed by atoms with Crippen LogP contribution in [0.25, 0.3) is 38.6 Å². The molecule has 0 aliphatic heterocycles. The van der Waals surface area contributed by atoms with Gasteiger partial charge in [-0.15, -0.1) is 0 Å². The lowest BCUT2D eigenvalue weighted by Gasteiger charge is -2.35. The zero-order valence-electron chi connectivity index (χ0n) is 27.0. The van der Waals surface area contributed by atoms with Crippen LogP contribution >= 0.6 is 0 Å². The highest BCUT2D eigenvalue weighted by Crippen LogP contribution is 2.35. The van der Waals surface area contributed by atoms with Crippen LogP contribution in [0.3, 0.4) is 0 Å². The van der Waals surface area contributed by atoms with Gasteiger partial charge in [-0.25, -0.2) is 0 Å². The third kappa shape index (κ3) is 4.80. The summed E-state index contributed by atoms with van der Waals surface area (Å²) in [6.45, 7) is 0. The quantitative estimate of drug-likeness (QED) is 0.138. The summed E-state index contributed by atoms with van der Waals surface area (Å²) < 4.78 is 2.11. The van der Waals surface area contributed by atoms with Crippen LogP contribution in [0.4, 0.5) is 0 Å². The first-order valence-electron chi connectivity index (χ1n) is 16.4. The van der Waals surface area contributed by atoms with Gasteiger partial charge in [-0.3, -0.25) is 0 Å². The van der Waals surface area contributed by atoms with E-state index in [-0.39, 0.29) is 0 Å². The van der Waals surface area contributed by atoms with Gasteiger partial charge in [0.05, 0.1) is 45.5 Å². The molecule has 0 bridgehead atoms. The van der Waals surface area contributed by atoms with Crippen molar-refractivity contribution in [2.24, 2.45) is 0 Å². The third-order valence-electron chi connectivity index (χ3n) is 9.66. The lowest BCUT2D eigenvalue weighted by molar-refractivity contribution is 1.17. The molecule has 0 amide bonds. The number of benzene rings is 7. The van der Waals surface area contributed by atoms with Crippen molar-refractivity contribution in [2.75, 3.05) is 0 Å². The molecule has 8 rings (SSSR count). The van der Waals surface area contributed by atoms with E-state index in [4.69, 9.17) is 0 Å². The van der Waals surface area contributed by atoms with Gasteiger partial charge >= 0.3 is 0 Å². The fourth-order valence-electron chi connectivity index (χ4n) is 7.46. The van der Waals surface area contributed by atoms with E-state index in [2.05, 4.69) is 114 Å². The monoisotopic (exact) mass is 652 g/mol. The molecule has 7 aromatic carbocycles. The Hall–Kier alpha value is -6.97. The van der Waals surface area contributed by atoms with Crippen LogP contribution in [-0.4, -0.2) is 12.6 Å². The molecule has 0 aliphatic rings. The van der Waals surface area contributed by atoms with Crippen molar-refractivity contribution < 1.29 is 0 Å². The summed E-state index contributed by atoms with van der Waals surface area (Å²) in [5, 5.41) is 37.3. The number of fused-ring (bicyclic) bond motifs is 3. The summed E-state index contributed by atoms with van der Waals surface area (Å²) in [7, 11) is -2.99. The molecule has 0 fully saturated rings. The third-order valence-corrected chi connectivity index (χ3v) is 14.5. The van der Waals surface area contributed by atoms with Gasteiger partial charge in [0.1, 0.15) is 6.07 Å². The molecule has 0 aliphatic carbocycles. The molecule has 0 spiro atoms. The van der Waals surface area contributed by atoms with E-state index < -0.39 is 8.07 Å². The summed E-state index contributed by atoms with van der Waals surface area (Å²) in [6, 6.07) is 64.8. The van der Waals surface area contributed by atoms with Gasteiger partial charge in [0.15, 0.2) is 8.07 Å². The standard InChI is InChI=1S/C45H28N4Si/c46-29-32-20-24-44-41(26-32)40-18-10-11-19-43(40)49(44)42-25-23-33(27-36(42)31-48)34-21-22-35(30-47)45(28-34)50(37-12-4-1-5-13-37,38-14-6-2-7-15-38)39-16-8-3-9-17-39/h1-28H.